The lowest BCUT2D eigenvalue weighted by Gasteiger charge is -2.14. The maximum atomic E-state index is 11.8. The van der Waals surface area contributed by atoms with Crippen molar-refractivity contribution >= 4 is 17.9 Å². The summed E-state index contributed by atoms with van der Waals surface area (Å²) in [5.41, 5.74) is 0. The fourth-order valence-corrected chi connectivity index (χ4v) is 2.54. The first-order valence-electron chi connectivity index (χ1n) is 10.9. The average molecular weight is 401 g/mol. The molecule has 0 aromatic rings. The Morgan fingerprint density at radius 2 is 1.39 bits per heavy atom. The van der Waals surface area contributed by atoms with Crippen molar-refractivity contribution in [2.24, 2.45) is 11.8 Å². The first-order valence-corrected chi connectivity index (χ1v) is 10.9. The molecule has 0 N–H and O–H groups in total. The van der Waals surface area contributed by atoms with Crippen molar-refractivity contribution in [3.05, 3.63) is 0 Å². The molecule has 0 aromatic heterocycles. The third-order valence-electron chi connectivity index (χ3n) is 4.55. The molecule has 0 bridgehead atoms. The van der Waals surface area contributed by atoms with Crippen molar-refractivity contribution in [2.45, 2.75) is 91.9 Å². The molecule has 6 heteroatoms. The molecule has 0 saturated carbocycles. The SMILES string of the molecule is CCCCC(CC)COC(=O)CCCCCOC(=O)CCCOC(=O)C(C)C. The number of carbonyl (C=O) groups excluding carboxylic acids is 3. The van der Waals surface area contributed by atoms with E-state index >= 15 is 0 Å². The summed E-state index contributed by atoms with van der Waals surface area (Å²) in [6.45, 7) is 8.96. The topological polar surface area (TPSA) is 78.9 Å². The lowest BCUT2D eigenvalue weighted by molar-refractivity contribution is -0.149. The summed E-state index contributed by atoms with van der Waals surface area (Å²) in [4.78, 5) is 34.6. The van der Waals surface area contributed by atoms with E-state index < -0.39 is 0 Å². The second-order valence-electron chi connectivity index (χ2n) is 7.56. The van der Waals surface area contributed by atoms with Gasteiger partial charge in [-0.05, 0) is 38.0 Å². The van der Waals surface area contributed by atoms with Gasteiger partial charge in [0, 0.05) is 12.8 Å². The summed E-state index contributed by atoms with van der Waals surface area (Å²) in [6, 6.07) is 0. The zero-order chi connectivity index (χ0) is 21.2. The molecular weight excluding hydrogens is 360 g/mol. The second kappa shape index (κ2) is 17.5. The Kier molecular flexibility index (Phi) is 16.5. The van der Waals surface area contributed by atoms with E-state index in [1.807, 2.05) is 0 Å². The fraction of sp³-hybridized carbons (Fsp3) is 0.864. The van der Waals surface area contributed by atoms with Gasteiger partial charge in [0.05, 0.1) is 25.7 Å². The minimum atomic E-state index is -0.280. The number of hydrogen-bond donors (Lipinski definition) is 0. The number of ether oxygens (including phenoxy) is 3. The van der Waals surface area contributed by atoms with Crippen LogP contribution in [-0.4, -0.2) is 37.7 Å². The summed E-state index contributed by atoms with van der Waals surface area (Å²) in [5.74, 6) is -0.353. The van der Waals surface area contributed by atoms with Gasteiger partial charge in [0.2, 0.25) is 0 Å². The van der Waals surface area contributed by atoms with Crippen LogP contribution in [0.4, 0.5) is 0 Å². The summed E-state index contributed by atoms with van der Waals surface area (Å²) in [6.07, 6.45) is 7.93. The normalized spacial score (nSPS) is 11.9. The van der Waals surface area contributed by atoms with Crippen molar-refractivity contribution in [3.63, 3.8) is 0 Å². The third kappa shape index (κ3) is 15.5. The number of carbonyl (C=O) groups is 3. The average Bonchev–Trinajstić information content (AvgIpc) is 2.67. The van der Waals surface area contributed by atoms with E-state index in [0.29, 0.717) is 32.0 Å². The number of unbranched alkanes of at least 4 members (excludes halogenated alkanes) is 3. The van der Waals surface area contributed by atoms with Gasteiger partial charge in [0.1, 0.15) is 0 Å². The van der Waals surface area contributed by atoms with Gasteiger partial charge in [-0.25, -0.2) is 0 Å². The predicted molar refractivity (Wildman–Crippen MR) is 109 cm³/mol. The molecule has 0 radical (unpaired) electrons. The molecule has 0 rings (SSSR count). The molecule has 1 atom stereocenters. The zero-order valence-corrected chi connectivity index (χ0v) is 18.3. The number of rotatable bonds is 17. The first kappa shape index (κ1) is 26.4. The summed E-state index contributed by atoms with van der Waals surface area (Å²) >= 11 is 0. The van der Waals surface area contributed by atoms with Crippen LogP contribution in [0.5, 0.6) is 0 Å². The molecule has 0 heterocycles. The van der Waals surface area contributed by atoms with Crippen LogP contribution in [0.2, 0.25) is 0 Å². The molecule has 164 valence electrons. The smallest absolute Gasteiger partial charge is 0.308 e. The molecule has 0 amide bonds. The zero-order valence-electron chi connectivity index (χ0n) is 18.3. The highest BCUT2D eigenvalue weighted by Crippen LogP contribution is 2.13. The monoisotopic (exact) mass is 400 g/mol. The second-order valence-corrected chi connectivity index (χ2v) is 7.56. The standard InChI is InChI=1S/C22H40O6/c1-5-7-12-19(6-2)17-28-21(24)13-9-8-10-15-26-20(23)14-11-16-27-22(25)18(3)4/h18-19H,5-17H2,1-4H3. The molecule has 6 nitrogen and oxygen atoms in total. The van der Waals surface area contributed by atoms with Crippen LogP contribution in [-0.2, 0) is 28.6 Å². The minimum absolute atomic E-state index is 0.136. The van der Waals surface area contributed by atoms with E-state index in [1.165, 1.54) is 12.8 Å². The van der Waals surface area contributed by atoms with E-state index in [1.54, 1.807) is 13.8 Å². The summed E-state index contributed by atoms with van der Waals surface area (Å²) < 4.78 is 15.5. The third-order valence-corrected chi connectivity index (χ3v) is 4.55. The highest BCUT2D eigenvalue weighted by molar-refractivity contribution is 5.71. The first-order chi connectivity index (χ1) is 13.4. The van der Waals surface area contributed by atoms with Gasteiger partial charge in [0.15, 0.2) is 0 Å². The van der Waals surface area contributed by atoms with Crippen LogP contribution in [0.15, 0.2) is 0 Å². The van der Waals surface area contributed by atoms with Gasteiger partial charge in [-0.3, -0.25) is 14.4 Å². The van der Waals surface area contributed by atoms with Crippen LogP contribution < -0.4 is 0 Å². The molecule has 0 aliphatic rings. The quantitative estimate of drug-likeness (QED) is 0.198. The Balaban J connectivity index is 3.55. The highest BCUT2D eigenvalue weighted by atomic mass is 16.5. The van der Waals surface area contributed by atoms with Gasteiger partial charge in [-0.2, -0.15) is 0 Å². The van der Waals surface area contributed by atoms with Crippen molar-refractivity contribution in [2.75, 3.05) is 19.8 Å². The van der Waals surface area contributed by atoms with Crippen molar-refractivity contribution in [3.8, 4) is 0 Å². The van der Waals surface area contributed by atoms with Gasteiger partial charge in [0.25, 0.3) is 0 Å². The molecule has 0 spiro atoms. The van der Waals surface area contributed by atoms with E-state index in [0.717, 1.165) is 32.1 Å². The van der Waals surface area contributed by atoms with Crippen LogP contribution in [0.25, 0.3) is 0 Å². The van der Waals surface area contributed by atoms with Gasteiger partial charge in [-0.1, -0.05) is 47.0 Å². The van der Waals surface area contributed by atoms with E-state index in [4.69, 9.17) is 14.2 Å². The van der Waals surface area contributed by atoms with Gasteiger partial charge >= 0.3 is 17.9 Å². The Labute approximate surface area is 170 Å². The molecule has 0 saturated heterocycles. The molecule has 0 aromatic carbocycles. The van der Waals surface area contributed by atoms with Crippen molar-refractivity contribution < 1.29 is 28.6 Å². The van der Waals surface area contributed by atoms with Crippen LogP contribution >= 0.6 is 0 Å². The minimum Gasteiger partial charge on any atom is -0.466 e. The fourth-order valence-electron chi connectivity index (χ4n) is 2.54. The molecule has 0 aliphatic carbocycles. The Hall–Kier alpha value is -1.59. The maximum absolute atomic E-state index is 11.8. The van der Waals surface area contributed by atoms with E-state index in [2.05, 4.69) is 13.8 Å². The predicted octanol–water partition coefficient (Wildman–Crippen LogP) is 4.83. The molecular formula is C22H40O6. The summed E-state index contributed by atoms with van der Waals surface area (Å²) in [7, 11) is 0. The van der Waals surface area contributed by atoms with Crippen molar-refractivity contribution in [1.82, 2.24) is 0 Å². The largest absolute Gasteiger partial charge is 0.466 e. The Morgan fingerprint density at radius 1 is 0.750 bits per heavy atom. The van der Waals surface area contributed by atoms with Crippen LogP contribution in [0.1, 0.15) is 91.9 Å². The maximum Gasteiger partial charge on any atom is 0.308 e. The van der Waals surface area contributed by atoms with E-state index in [9.17, 15) is 14.4 Å². The van der Waals surface area contributed by atoms with Crippen molar-refractivity contribution in [1.29, 1.82) is 0 Å². The highest BCUT2D eigenvalue weighted by Gasteiger charge is 2.11. The molecule has 0 aliphatic heterocycles. The van der Waals surface area contributed by atoms with Crippen LogP contribution in [0.3, 0.4) is 0 Å². The lowest BCUT2D eigenvalue weighted by Crippen LogP contribution is -2.14. The number of hydrogen-bond acceptors (Lipinski definition) is 6. The summed E-state index contributed by atoms with van der Waals surface area (Å²) in [5, 5.41) is 0. The van der Waals surface area contributed by atoms with Crippen LogP contribution in [0, 0.1) is 11.8 Å². The Morgan fingerprint density at radius 3 is 2.04 bits per heavy atom. The molecule has 28 heavy (non-hydrogen) atoms. The molecule has 1 unspecified atom stereocenters. The van der Waals surface area contributed by atoms with E-state index in [-0.39, 0.29) is 36.9 Å². The van der Waals surface area contributed by atoms with Gasteiger partial charge in [-0.15, -0.1) is 0 Å². The lowest BCUT2D eigenvalue weighted by atomic mass is 10.0. The number of esters is 3. The van der Waals surface area contributed by atoms with Gasteiger partial charge < -0.3 is 14.2 Å². The Bertz CT molecular complexity index is 433. The molecule has 0 fully saturated rings.